The first-order chi connectivity index (χ1) is 9.34. The average molecular weight is 293 g/mol. The van der Waals surface area contributed by atoms with Gasteiger partial charge in [-0.15, -0.1) is 11.3 Å². The first-order valence-electron chi connectivity index (χ1n) is 7.06. The van der Waals surface area contributed by atoms with Crippen molar-refractivity contribution in [3.05, 3.63) is 28.0 Å². The molecule has 110 valence electrons. The lowest BCUT2D eigenvalue weighted by atomic mass is 9.80. The highest BCUT2D eigenvalue weighted by atomic mass is 32.1. The summed E-state index contributed by atoms with van der Waals surface area (Å²) in [6.45, 7) is 10.3. The van der Waals surface area contributed by atoms with E-state index in [-0.39, 0.29) is 0 Å². The van der Waals surface area contributed by atoms with Crippen LogP contribution in [-0.2, 0) is 11.3 Å². The lowest BCUT2D eigenvalue weighted by Gasteiger charge is -2.27. The molecular formula is C16H23NO2S. The second kappa shape index (κ2) is 6.10. The molecule has 1 saturated heterocycles. The summed E-state index contributed by atoms with van der Waals surface area (Å²) >= 11 is 1.68. The lowest BCUT2D eigenvalue weighted by Crippen LogP contribution is -2.25. The summed E-state index contributed by atoms with van der Waals surface area (Å²) < 4.78 is 0. The van der Waals surface area contributed by atoms with Crippen molar-refractivity contribution in [2.75, 3.05) is 13.1 Å². The highest BCUT2D eigenvalue weighted by molar-refractivity contribution is 7.12. The number of carboxylic acid groups (broad SMARTS) is 1. The molecule has 1 fully saturated rings. The monoisotopic (exact) mass is 293 g/mol. The molecule has 2 rings (SSSR count). The summed E-state index contributed by atoms with van der Waals surface area (Å²) in [5, 5.41) is 8.63. The average Bonchev–Trinajstić information content (AvgIpc) is 2.95. The quantitative estimate of drug-likeness (QED) is 0.860. The van der Waals surface area contributed by atoms with Crippen LogP contribution in [0, 0.1) is 11.3 Å². The molecule has 3 nitrogen and oxygen atoms in total. The van der Waals surface area contributed by atoms with Crippen LogP contribution in [0.5, 0.6) is 0 Å². The molecule has 1 atom stereocenters. The van der Waals surface area contributed by atoms with Gasteiger partial charge in [0.25, 0.3) is 0 Å². The Kier molecular flexibility index (Phi) is 4.66. The molecule has 0 aliphatic carbocycles. The molecule has 0 radical (unpaired) electrons. The largest absolute Gasteiger partial charge is 0.478 e. The standard InChI is InChI=1S/C16H23NO2S/c1-16(2,3)12-8-9-17(10-12)11-14-5-4-13(20-14)6-7-15(18)19/h4-7,12H,8-11H2,1-3H3,(H,18,19)/b7-6+. The number of aliphatic carboxylic acids is 1. The van der Waals surface area contributed by atoms with Crippen molar-refractivity contribution in [2.24, 2.45) is 11.3 Å². The predicted molar refractivity (Wildman–Crippen MR) is 83.8 cm³/mol. The number of likely N-dealkylation sites (tertiary alicyclic amines) is 1. The van der Waals surface area contributed by atoms with Crippen molar-refractivity contribution in [1.29, 1.82) is 0 Å². The Morgan fingerprint density at radius 3 is 2.85 bits per heavy atom. The predicted octanol–water partition coefficient (Wildman–Crippen LogP) is 3.71. The Bertz CT molecular complexity index is 499. The first kappa shape index (κ1) is 15.3. The minimum Gasteiger partial charge on any atom is -0.478 e. The molecule has 0 amide bonds. The van der Waals surface area contributed by atoms with Crippen LogP contribution in [0.1, 0.15) is 36.9 Å². The number of carbonyl (C=O) groups is 1. The third-order valence-corrected chi connectivity index (χ3v) is 4.98. The zero-order valence-corrected chi connectivity index (χ0v) is 13.2. The topological polar surface area (TPSA) is 40.5 Å². The summed E-state index contributed by atoms with van der Waals surface area (Å²) in [4.78, 5) is 15.3. The van der Waals surface area contributed by atoms with E-state index in [4.69, 9.17) is 5.11 Å². The van der Waals surface area contributed by atoms with E-state index in [1.54, 1.807) is 17.4 Å². The van der Waals surface area contributed by atoms with Crippen LogP contribution >= 0.6 is 11.3 Å². The van der Waals surface area contributed by atoms with Crippen molar-refractivity contribution < 1.29 is 9.90 Å². The fourth-order valence-corrected chi connectivity index (χ4v) is 3.58. The highest BCUT2D eigenvalue weighted by Crippen LogP contribution is 2.34. The van der Waals surface area contributed by atoms with Gasteiger partial charge in [0, 0.05) is 28.9 Å². The maximum absolute atomic E-state index is 10.5. The van der Waals surface area contributed by atoms with Crippen molar-refractivity contribution in [3.63, 3.8) is 0 Å². The molecule has 1 aliphatic heterocycles. The fraction of sp³-hybridized carbons (Fsp3) is 0.562. The second-order valence-corrected chi connectivity index (χ2v) is 7.76. The summed E-state index contributed by atoms with van der Waals surface area (Å²) in [6, 6.07) is 4.10. The summed E-state index contributed by atoms with van der Waals surface area (Å²) in [5.74, 6) is -0.124. The molecule has 1 aromatic rings. The van der Waals surface area contributed by atoms with E-state index in [9.17, 15) is 4.79 Å². The first-order valence-corrected chi connectivity index (χ1v) is 7.88. The summed E-state index contributed by atoms with van der Waals surface area (Å²) in [7, 11) is 0. The Morgan fingerprint density at radius 2 is 2.25 bits per heavy atom. The maximum Gasteiger partial charge on any atom is 0.328 e. The van der Waals surface area contributed by atoms with Crippen molar-refractivity contribution in [1.82, 2.24) is 4.90 Å². The second-order valence-electron chi connectivity index (χ2n) is 6.56. The molecule has 1 unspecified atom stereocenters. The number of carboxylic acids is 1. The van der Waals surface area contributed by atoms with Crippen molar-refractivity contribution in [2.45, 2.75) is 33.7 Å². The van der Waals surface area contributed by atoms with Crippen molar-refractivity contribution in [3.8, 4) is 0 Å². The Balaban J connectivity index is 1.90. The van der Waals surface area contributed by atoms with Crippen LogP contribution in [0.15, 0.2) is 18.2 Å². The third kappa shape index (κ3) is 4.18. The summed E-state index contributed by atoms with van der Waals surface area (Å²) in [6.07, 6.45) is 4.14. The number of thiophene rings is 1. The van der Waals surface area contributed by atoms with Crippen LogP contribution in [-0.4, -0.2) is 29.1 Å². The molecule has 1 N–H and O–H groups in total. The number of rotatable bonds is 4. The zero-order valence-electron chi connectivity index (χ0n) is 12.4. The van der Waals surface area contributed by atoms with Gasteiger partial charge >= 0.3 is 5.97 Å². The molecule has 20 heavy (non-hydrogen) atoms. The van der Waals surface area contributed by atoms with Gasteiger partial charge in [-0.25, -0.2) is 4.79 Å². The van der Waals surface area contributed by atoms with E-state index < -0.39 is 5.97 Å². The number of hydrogen-bond donors (Lipinski definition) is 1. The Labute approximate surface area is 124 Å². The third-order valence-electron chi connectivity index (χ3n) is 3.95. The molecule has 2 heterocycles. The van der Waals surface area contributed by atoms with E-state index in [0.29, 0.717) is 5.41 Å². The molecule has 0 spiro atoms. The molecule has 0 aromatic carbocycles. The van der Waals surface area contributed by atoms with Crippen LogP contribution in [0.2, 0.25) is 0 Å². The van der Waals surface area contributed by atoms with Gasteiger partial charge in [-0.1, -0.05) is 20.8 Å². The van der Waals surface area contributed by atoms with E-state index in [1.807, 2.05) is 6.07 Å². The van der Waals surface area contributed by atoms with Crippen LogP contribution in [0.25, 0.3) is 6.08 Å². The lowest BCUT2D eigenvalue weighted by molar-refractivity contribution is -0.131. The smallest absolute Gasteiger partial charge is 0.328 e. The van der Waals surface area contributed by atoms with Gasteiger partial charge in [0.1, 0.15) is 0 Å². The van der Waals surface area contributed by atoms with Gasteiger partial charge in [-0.2, -0.15) is 0 Å². The highest BCUT2D eigenvalue weighted by Gasteiger charge is 2.31. The van der Waals surface area contributed by atoms with Gasteiger partial charge in [-0.05, 0) is 42.5 Å². The molecular weight excluding hydrogens is 270 g/mol. The number of hydrogen-bond acceptors (Lipinski definition) is 3. The molecule has 4 heteroatoms. The molecule has 0 saturated carbocycles. The van der Waals surface area contributed by atoms with E-state index >= 15 is 0 Å². The number of nitrogens with zero attached hydrogens (tertiary/aromatic N) is 1. The van der Waals surface area contributed by atoms with Gasteiger partial charge in [0.05, 0.1) is 0 Å². The Morgan fingerprint density at radius 1 is 1.50 bits per heavy atom. The molecule has 1 aromatic heterocycles. The van der Waals surface area contributed by atoms with Crippen LogP contribution in [0.4, 0.5) is 0 Å². The van der Waals surface area contributed by atoms with E-state index in [0.717, 1.165) is 17.3 Å². The SMILES string of the molecule is CC(C)(C)C1CCN(Cc2ccc(/C=C/C(=O)O)s2)C1. The van der Waals surface area contributed by atoms with Crippen molar-refractivity contribution >= 4 is 23.4 Å². The molecule has 1 aliphatic rings. The van der Waals surface area contributed by atoms with Crippen LogP contribution in [0.3, 0.4) is 0 Å². The minimum atomic E-state index is -0.896. The van der Waals surface area contributed by atoms with Gasteiger partial charge in [0.15, 0.2) is 0 Å². The van der Waals surface area contributed by atoms with E-state index in [2.05, 4.69) is 31.7 Å². The Hall–Kier alpha value is -1.13. The minimum absolute atomic E-state index is 0.388. The van der Waals surface area contributed by atoms with Gasteiger partial charge in [0.2, 0.25) is 0 Å². The maximum atomic E-state index is 10.5. The van der Waals surface area contributed by atoms with Crippen LogP contribution < -0.4 is 0 Å². The van der Waals surface area contributed by atoms with Gasteiger partial charge in [-0.3, -0.25) is 4.90 Å². The van der Waals surface area contributed by atoms with Gasteiger partial charge < -0.3 is 5.11 Å². The molecule has 0 bridgehead atoms. The van der Waals surface area contributed by atoms with E-state index in [1.165, 1.54) is 30.5 Å². The summed E-state index contributed by atoms with van der Waals surface area (Å²) in [5.41, 5.74) is 0.388. The fourth-order valence-electron chi connectivity index (χ4n) is 2.63. The zero-order chi connectivity index (χ0) is 14.8. The normalized spacial score (nSPS) is 20.9.